The molecule has 0 radical (unpaired) electrons. The molecule has 1 N–H and O–H groups in total. The first-order valence-electron chi connectivity index (χ1n) is 9.70. The summed E-state index contributed by atoms with van der Waals surface area (Å²) in [7, 11) is 0. The summed E-state index contributed by atoms with van der Waals surface area (Å²) in [6.07, 6.45) is 0.819. The van der Waals surface area contributed by atoms with Gasteiger partial charge in [-0.1, -0.05) is 18.2 Å². The average Bonchev–Trinajstić information content (AvgIpc) is 2.67. The summed E-state index contributed by atoms with van der Waals surface area (Å²) in [5.41, 5.74) is 1.97. The van der Waals surface area contributed by atoms with Crippen molar-refractivity contribution in [2.24, 2.45) is 4.99 Å². The number of nitrogens with zero attached hydrogens (tertiary/aromatic N) is 3. The zero-order chi connectivity index (χ0) is 21.9. The number of rotatable bonds is 7. The highest BCUT2D eigenvalue weighted by Crippen LogP contribution is 2.31. The number of aryl methyl sites for hydroxylation is 1. The first-order valence-corrected chi connectivity index (χ1v) is 9.70. The van der Waals surface area contributed by atoms with Gasteiger partial charge in [0.25, 0.3) is 5.92 Å². The van der Waals surface area contributed by atoms with Crippen molar-refractivity contribution in [1.82, 2.24) is 9.88 Å². The van der Waals surface area contributed by atoms with Gasteiger partial charge >= 0.3 is 5.97 Å². The fourth-order valence-electron chi connectivity index (χ4n) is 3.45. The van der Waals surface area contributed by atoms with Crippen LogP contribution in [0.5, 0.6) is 5.75 Å². The Bertz CT molecular complexity index is 957. The fourth-order valence-corrected chi connectivity index (χ4v) is 3.45. The third-order valence-electron chi connectivity index (χ3n) is 4.97. The van der Waals surface area contributed by atoms with E-state index < -0.39 is 18.0 Å². The summed E-state index contributed by atoms with van der Waals surface area (Å²) in [6, 6.07) is 7.81. The summed E-state index contributed by atoms with van der Waals surface area (Å²) in [6.45, 7) is 7.04. The van der Waals surface area contributed by atoms with Gasteiger partial charge in [-0.25, -0.2) is 18.6 Å². The molecule has 0 fully saturated rings. The summed E-state index contributed by atoms with van der Waals surface area (Å²) in [4.78, 5) is 21.7. The van der Waals surface area contributed by atoms with Gasteiger partial charge in [0.05, 0.1) is 12.7 Å². The molecule has 0 spiro atoms. The van der Waals surface area contributed by atoms with Crippen LogP contribution in [0.25, 0.3) is 0 Å². The van der Waals surface area contributed by atoms with Crippen molar-refractivity contribution in [3.63, 3.8) is 0 Å². The summed E-state index contributed by atoms with van der Waals surface area (Å²) >= 11 is 0. The second-order valence-corrected chi connectivity index (χ2v) is 7.61. The van der Waals surface area contributed by atoms with Crippen LogP contribution in [0.3, 0.4) is 0 Å². The molecule has 30 heavy (non-hydrogen) atoms. The number of hydrogen-bond donors (Lipinski definition) is 1. The van der Waals surface area contributed by atoms with E-state index in [0.29, 0.717) is 36.5 Å². The molecule has 3 rings (SSSR count). The first-order chi connectivity index (χ1) is 14.1. The van der Waals surface area contributed by atoms with E-state index in [2.05, 4.69) is 14.9 Å². The van der Waals surface area contributed by atoms with Crippen LogP contribution in [-0.4, -0.2) is 52.9 Å². The van der Waals surface area contributed by atoms with Gasteiger partial charge in [-0.15, -0.1) is 0 Å². The molecule has 0 saturated carbocycles. The SMILES string of the molecule is CC1=NCCN(CC(Oc2cnc(C(=O)O)c(C)c2)c2cccc(C(C)(F)F)c2)C1. The van der Waals surface area contributed by atoms with E-state index in [4.69, 9.17) is 4.74 Å². The Morgan fingerprint density at radius 3 is 2.73 bits per heavy atom. The van der Waals surface area contributed by atoms with Crippen LogP contribution in [0.4, 0.5) is 8.78 Å². The highest BCUT2D eigenvalue weighted by atomic mass is 19.3. The van der Waals surface area contributed by atoms with Gasteiger partial charge in [0, 0.05) is 37.8 Å². The first kappa shape index (κ1) is 21.8. The van der Waals surface area contributed by atoms with Crippen molar-refractivity contribution < 1.29 is 23.4 Å². The molecule has 1 aromatic heterocycles. The fraction of sp³-hybridized carbons (Fsp3) is 0.409. The molecule has 0 saturated heterocycles. The molecule has 2 heterocycles. The molecule has 0 amide bonds. The molecule has 2 aromatic rings. The molecule has 6 nitrogen and oxygen atoms in total. The van der Waals surface area contributed by atoms with Crippen molar-refractivity contribution in [2.45, 2.75) is 32.8 Å². The molecule has 8 heteroatoms. The Labute approximate surface area is 174 Å². The maximum Gasteiger partial charge on any atom is 0.354 e. The summed E-state index contributed by atoms with van der Waals surface area (Å²) < 4.78 is 33.9. The van der Waals surface area contributed by atoms with E-state index in [0.717, 1.165) is 19.2 Å². The van der Waals surface area contributed by atoms with Gasteiger partial charge in [-0.05, 0) is 37.1 Å². The second-order valence-electron chi connectivity index (χ2n) is 7.61. The third kappa shape index (κ3) is 5.38. The maximum absolute atomic E-state index is 13.9. The number of ether oxygens (including phenoxy) is 1. The van der Waals surface area contributed by atoms with Crippen molar-refractivity contribution in [3.8, 4) is 5.75 Å². The van der Waals surface area contributed by atoms with Crippen LogP contribution < -0.4 is 4.74 Å². The van der Waals surface area contributed by atoms with E-state index in [1.807, 2.05) is 6.92 Å². The molecular weight excluding hydrogens is 392 g/mol. The van der Waals surface area contributed by atoms with Crippen molar-refractivity contribution in [2.75, 3.05) is 26.2 Å². The molecular formula is C22H25F2N3O3. The number of halogens is 2. The van der Waals surface area contributed by atoms with E-state index in [1.165, 1.54) is 18.3 Å². The zero-order valence-electron chi connectivity index (χ0n) is 17.2. The highest BCUT2D eigenvalue weighted by Gasteiger charge is 2.27. The largest absolute Gasteiger partial charge is 0.483 e. The summed E-state index contributed by atoms with van der Waals surface area (Å²) in [5.74, 6) is -3.69. The van der Waals surface area contributed by atoms with Gasteiger partial charge < -0.3 is 9.84 Å². The van der Waals surface area contributed by atoms with Crippen LogP contribution >= 0.6 is 0 Å². The number of benzene rings is 1. The lowest BCUT2D eigenvalue weighted by atomic mass is 10.0. The highest BCUT2D eigenvalue weighted by molar-refractivity contribution is 5.87. The van der Waals surface area contributed by atoms with Crippen molar-refractivity contribution >= 4 is 11.7 Å². The minimum absolute atomic E-state index is 0.0469. The average molecular weight is 417 g/mol. The number of carbonyl (C=O) groups is 1. The topological polar surface area (TPSA) is 75.0 Å². The van der Waals surface area contributed by atoms with Gasteiger partial charge in [-0.2, -0.15) is 0 Å². The van der Waals surface area contributed by atoms with Crippen LogP contribution in [-0.2, 0) is 5.92 Å². The van der Waals surface area contributed by atoms with Crippen LogP contribution in [0, 0.1) is 6.92 Å². The Hall–Kier alpha value is -2.87. The number of pyridine rings is 1. The predicted molar refractivity (Wildman–Crippen MR) is 110 cm³/mol. The van der Waals surface area contributed by atoms with Gasteiger partial charge in [0.2, 0.25) is 0 Å². The standard InChI is InChI=1S/C22H25F2N3O3/c1-14-9-18(11-26-20(14)21(28)29)30-19(13-27-8-7-25-15(2)12-27)16-5-4-6-17(10-16)22(3,23)24/h4-6,9-11,19H,7-8,12-13H2,1-3H3,(H,28,29). The maximum atomic E-state index is 13.9. The quantitative estimate of drug-likeness (QED) is 0.734. The smallest absolute Gasteiger partial charge is 0.354 e. The molecule has 0 bridgehead atoms. The second kappa shape index (κ2) is 8.87. The van der Waals surface area contributed by atoms with Crippen molar-refractivity contribution in [1.29, 1.82) is 0 Å². The molecule has 1 aromatic carbocycles. The van der Waals surface area contributed by atoms with Gasteiger partial charge in [0.1, 0.15) is 11.9 Å². The lowest BCUT2D eigenvalue weighted by Crippen LogP contribution is -2.39. The summed E-state index contributed by atoms with van der Waals surface area (Å²) in [5, 5.41) is 9.17. The third-order valence-corrected chi connectivity index (χ3v) is 4.97. The van der Waals surface area contributed by atoms with Crippen LogP contribution in [0.2, 0.25) is 0 Å². The lowest BCUT2D eigenvalue weighted by molar-refractivity contribution is 0.0172. The Kier molecular flexibility index (Phi) is 6.45. The predicted octanol–water partition coefficient (Wildman–Crippen LogP) is 4.10. The Morgan fingerprint density at radius 2 is 2.10 bits per heavy atom. The number of carboxylic acids is 1. The number of aliphatic imine (C=N–C) groups is 1. The van der Waals surface area contributed by atoms with Crippen LogP contribution in [0.15, 0.2) is 41.5 Å². The minimum atomic E-state index is -2.96. The van der Waals surface area contributed by atoms with Gasteiger partial charge in [-0.3, -0.25) is 9.89 Å². The molecule has 1 aliphatic rings. The zero-order valence-corrected chi connectivity index (χ0v) is 17.2. The molecule has 1 atom stereocenters. The molecule has 1 unspecified atom stereocenters. The van der Waals surface area contributed by atoms with Gasteiger partial charge in [0.15, 0.2) is 5.69 Å². The Morgan fingerprint density at radius 1 is 1.33 bits per heavy atom. The van der Waals surface area contributed by atoms with Crippen molar-refractivity contribution in [3.05, 3.63) is 58.9 Å². The monoisotopic (exact) mass is 417 g/mol. The molecule has 0 aliphatic carbocycles. The normalized spacial score (nSPS) is 16.1. The van der Waals surface area contributed by atoms with E-state index in [1.54, 1.807) is 25.1 Å². The lowest BCUT2D eigenvalue weighted by Gasteiger charge is -2.30. The Balaban J connectivity index is 1.91. The molecule has 160 valence electrons. The van der Waals surface area contributed by atoms with E-state index >= 15 is 0 Å². The number of carboxylic acid groups (broad SMARTS) is 1. The van der Waals surface area contributed by atoms with Crippen LogP contribution in [0.1, 0.15) is 47.1 Å². The molecule has 1 aliphatic heterocycles. The van der Waals surface area contributed by atoms with E-state index in [-0.39, 0.29) is 11.3 Å². The minimum Gasteiger partial charge on any atom is -0.483 e. The number of aromatic nitrogens is 1. The number of alkyl halides is 2. The number of hydrogen-bond acceptors (Lipinski definition) is 5. The van der Waals surface area contributed by atoms with E-state index in [9.17, 15) is 18.7 Å². The number of aromatic carboxylic acids is 1.